The number of benzene rings is 1. The Kier molecular flexibility index (Phi) is 17.4. The SMILES string of the molecule is CCCCCCCc1ccc(OC(CC)CS(=O)(=O)[O-])cc1CCCCCCC.[Na+]. The van der Waals surface area contributed by atoms with Gasteiger partial charge in [0.1, 0.15) is 11.9 Å². The molecular weight excluding hydrogens is 407 g/mol. The fourth-order valence-corrected chi connectivity index (χ4v) is 4.40. The van der Waals surface area contributed by atoms with Crippen molar-refractivity contribution >= 4 is 10.1 Å². The molecule has 1 atom stereocenters. The molecular formula is C24H41NaO4S. The minimum absolute atomic E-state index is 0. The van der Waals surface area contributed by atoms with E-state index in [9.17, 15) is 13.0 Å². The number of hydrogen-bond acceptors (Lipinski definition) is 4. The monoisotopic (exact) mass is 448 g/mol. The summed E-state index contributed by atoms with van der Waals surface area (Å²) < 4.78 is 39.2. The van der Waals surface area contributed by atoms with Crippen molar-refractivity contribution in [3.05, 3.63) is 29.3 Å². The van der Waals surface area contributed by atoms with Gasteiger partial charge in [-0.1, -0.05) is 78.2 Å². The molecule has 0 bridgehead atoms. The molecule has 6 heteroatoms. The van der Waals surface area contributed by atoms with Gasteiger partial charge in [0.15, 0.2) is 0 Å². The van der Waals surface area contributed by atoms with Crippen molar-refractivity contribution in [2.24, 2.45) is 0 Å². The van der Waals surface area contributed by atoms with E-state index in [1.54, 1.807) is 0 Å². The van der Waals surface area contributed by atoms with Gasteiger partial charge in [-0.3, -0.25) is 0 Å². The fourth-order valence-electron chi connectivity index (χ4n) is 3.65. The Balaban J connectivity index is 0.00000841. The van der Waals surface area contributed by atoms with Crippen molar-refractivity contribution in [3.63, 3.8) is 0 Å². The van der Waals surface area contributed by atoms with Crippen LogP contribution in [0.15, 0.2) is 18.2 Å². The Morgan fingerprint density at radius 1 is 0.833 bits per heavy atom. The Hall–Kier alpha value is -0.0700. The number of unbranched alkanes of at least 4 members (excludes halogenated alkanes) is 8. The minimum atomic E-state index is -4.29. The third-order valence-electron chi connectivity index (χ3n) is 5.43. The molecule has 0 amide bonds. The van der Waals surface area contributed by atoms with E-state index < -0.39 is 22.0 Å². The predicted molar refractivity (Wildman–Crippen MR) is 121 cm³/mol. The van der Waals surface area contributed by atoms with E-state index in [4.69, 9.17) is 4.74 Å². The first kappa shape index (κ1) is 29.9. The van der Waals surface area contributed by atoms with Gasteiger partial charge in [-0.25, -0.2) is 8.42 Å². The maximum Gasteiger partial charge on any atom is 1.00 e. The van der Waals surface area contributed by atoms with Crippen molar-refractivity contribution in [3.8, 4) is 5.75 Å². The Morgan fingerprint density at radius 3 is 1.87 bits per heavy atom. The van der Waals surface area contributed by atoms with E-state index in [0.29, 0.717) is 12.2 Å². The largest absolute Gasteiger partial charge is 1.00 e. The van der Waals surface area contributed by atoms with Gasteiger partial charge in [-0.15, -0.1) is 0 Å². The van der Waals surface area contributed by atoms with Gasteiger partial charge in [0.25, 0.3) is 0 Å². The second-order valence-corrected chi connectivity index (χ2v) is 9.58. The summed E-state index contributed by atoms with van der Waals surface area (Å²) in [5, 5.41) is 0. The second kappa shape index (κ2) is 17.5. The molecule has 0 radical (unpaired) electrons. The van der Waals surface area contributed by atoms with Crippen LogP contribution in [0.1, 0.15) is 103 Å². The molecule has 0 aliphatic heterocycles. The van der Waals surface area contributed by atoms with Gasteiger partial charge in [0.05, 0.1) is 15.9 Å². The van der Waals surface area contributed by atoms with E-state index in [-0.39, 0.29) is 29.6 Å². The zero-order chi connectivity index (χ0) is 21.5. The summed E-state index contributed by atoms with van der Waals surface area (Å²) in [6, 6.07) is 6.14. The topological polar surface area (TPSA) is 66.4 Å². The van der Waals surface area contributed by atoms with Crippen molar-refractivity contribution in [2.75, 3.05) is 5.75 Å². The predicted octanol–water partition coefficient (Wildman–Crippen LogP) is 3.42. The van der Waals surface area contributed by atoms with Gasteiger partial charge < -0.3 is 9.29 Å². The Bertz CT molecular complexity index is 661. The molecule has 0 aromatic heterocycles. The van der Waals surface area contributed by atoms with E-state index >= 15 is 0 Å². The average molecular weight is 449 g/mol. The molecule has 0 fully saturated rings. The van der Waals surface area contributed by atoms with Gasteiger partial charge in [-0.2, -0.15) is 0 Å². The van der Waals surface area contributed by atoms with E-state index in [1.165, 1.54) is 75.3 Å². The van der Waals surface area contributed by atoms with Crippen LogP contribution in [0, 0.1) is 0 Å². The van der Waals surface area contributed by atoms with Crippen LogP contribution in [-0.2, 0) is 23.0 Å². The molecule has 1 aromatic rings. The third-order valence-corrected chi connectivity index (χ3v) is 6.21. The van der Waals surface area contributed by atoms with Crippen molar-refractivity contribution in [1.82, 2.24) is 0 Å². The number of hydrogen-bond donors (Lipinski definition) is 0. The van der Waals surface area contributed by atoms with Gasteiger partial charge in [0, 0.05) is 0 Å². The Labute approximate surface area is 207 Å². The first-order valence-corrected chi connectivity index (χ1v) is 13.2. The Morgan fingerprint density at radius 2 is 1.37 bits per heavy atom. The molecule has 0 aliphatic carbocycles. The van der Waals surface area contributed by atoms with E-state index in [0.717, 1.165) is 12.8 Å². The zero-order valence-corrected chi connectivity index (χ0v) is 22.6. The summed E-state index contributed by atoms with van der Waals surface area (Å²) in [7, 11) is -4.29. The van der Waals surface area contributed by atoms with Gasteiger partial charge in [0.2, 0.25) is 0 Å². The van der Waals surface area contributed by atoms with Crippen LogP contribution in [0.2, 0.25) is 0 Å². The summed E-state index contributed by atoms with van der Waals surface area (Å²) in [4.78, 5) is 0. The standard InChI is InChI=1S/C24H42O4S.Na/c1-4-7-9-11-13-15-21-17-18-24(28-23(6-3)20-29(25,26)27)19-22(21)16-14-12-10-8-5-2;/h17-19,23H,4-16,20H2,1-3H3,(H,25,26,27);/q;+1/p-1. The zero-order valence-electron chi connectivity index (χ0n) is 19.8. The third kappa shape index (κ3) is 14.1. The maximum absolute atomic E-state index is 11.1. The molecule has 30 heavy (non-hydrogen) atoms. The summed E-state index contributed by atoms with van der Waals surface area (Å²) >= 11 is 0. The second-order valence-electron chi connectivity index (χ2n) is 8.13. The van der Waals surface area contributed by atoms with Crippen LogP contribution in [-0.4, -0.2) is 24.8 Å². The fraction of sp³-hybridized carbons (Fsp3) is 0.750. The maximum atomic E-state index is 11.1. The smallest absolute Gasteiger partial charge is 0.748 e. The molecule has 0 N–H and O–H groups in total. The molecule has 1 unspecified atom stereocenters. The summed E-state index contributed by atoms with van der Waals surface area (Å²) in [6.07, 6.45) is 14.6. The quantitative estimate of drug-likeness (QED) is 0.208. The normalized spacial score (nSPS) is 12.4. The summed E-state index contributed by atoms with van der Waals surface area (Å²) in [5.74, 6) is 0.202. The first-order valence-electron chi connectivity index (χ1n) is 11.6. The molecule has 1 aromatic carbocycles. The van der Waals surface area contributed by atoms with E-state index in [2.05, 4.69) is 26.0 Å². The average Bonchev–Trinajstić information content (AvgIpc) is 2.67. The van der Waals surface area contributed by atoms with Crippen LogP contribution < -0.4 is 34.3 Å². The van der Waals surface area contributed by atoms with Gasteiger partial charge >= 0.3 is 29.6 Å². The first-order chi connectivity index (χ1) is 13.9. The van der Waals surface area contributed by atoms with Crippen molar-refractivity contribution in [1.29, 1.82) is 0 Å². The van der Waals surface area contributed by atoms with Crippen LogP contribution >= 0.6 is 0 Å². The molecule has 0 saturated heterocycles. The van der Waals surface area contributed by atoms with Crippen LogP contribution in [0.25, 0.3) is 0 Å². The number of ether oxygens (including phenoxy) is 1. The molecule has 1 rings (SSSR count). The molecule has 0 aliphatic rings. The van der Waals surface area contributed by atoms with Crippen LogP contribution in [0.5, 0.6) is 5.75 Å². The molecule has 0 heterocycles. The number of rotatable bonds is 17. The molecule has 0 spiro atoms. The van der Waals surface area contributed by atoms with Crippen LogP contribution in [0.3, 0.4) is 0 Å². The minimum Gasteiger partial charge on any atom is -0.748 e. The summed E-state index contributed by atoms with van der Waals surface area (Å²) in [5.41, 5.74) is 2.70. The van der Waals surface area contributed by atoms with Crippen molar-refractivity contribution < 1.29 is 47.3 Å². The molecule has 4 nitrogen and oxygen atoms in total. The van der Waals surface area contributed by atoms with Gasteiger partial charge in [-0.05, 0) is 55.4 Å². The van der Waals surface area contributed by atoms with Crippen LogP contribution in [0.4, 0.5) is 0 Å². The molecule has 168 valence electrons. The van der Waals surface area contributed by atoms with Crippen molar-refractivity contribution in [2.45, 2.75) is 110 Å². The number of aryl methyl sites for hydroxylation is 2. The van der Waals surface area contributed by atoms with E-state index in [1.807, 2.05) is 13.0 Å². The molecule has 0 saturated carbocycles. The summed E-state index contributed by atoms with van der Waals surface area (Å²) in [6.45, 7) is 6.30.